The molecule has 1 aromatic heterocycles. The maximum absolute atomic E-state index is 12.8. The van der Waals surface area contributed by atoms with Crippen LogP contribution < -0.4 is 4.74 Å². The smallest absolute Gasteiger partial charge is 0.314 e. The van der Waals surface area contributed by atoms with Crippen LogP contribution in [0, 0.1) is 17.8 Å². The number of nitrogens with zero attached hydrogens (tertiary/aromatic N) is 2. The zero-order valence-corrected chi connectivity index (χ0v) is 26.8. The lowest BCUT2D eigenvalue weighted by Gasteiger charge is -2.28. The van der Waals surface area contributed by atoms with E-state index < -0.39 is 0 Å². The molecule has 0 bridgehead atoms. The maximum Gasteiger partial charge on any atom is 0.314 e. The Balaban J connectivity index is 1.14. The van der Waals surface area contributed by atoms with Gasteiger partial charge in [-0.15, -0.1) is 0 Å². The van der Waals surface area contributed by atoms with Crippen LogP contribution in [0.25, 0.3) is 11.4 Å². The molecule has 4 heteroatoms. The van der Waals surface area contributed by atoms with Crippen molar-refractivity contribution in [2.45, 2.75) is 155 Å². The Labute approximate surface area is 256 Å². The molecule has 0 unspecified atom stereocenters. The highest BCUT2D eigenvalue weighted by atomic mass is 16.5. The summed E-state index contributed by atoms with van der Waals surface area (Å²) in [6.07, 6.45) is 31.5. The number of unbranched alkanes of at least 4 members (excludes halogenated alkanes) is 9. The van der Waals surface area contributed by atoms with E-state index in [1.54, 1.807) is 0 Å². The summed E-state index contributed by atoms with van der Waals surface area (Å²) in [7, 11) is 0. The number of hydrogen-bond donors (Lipinski definition) is 0. The maximum atomic E-state index is 12.8. The molecule has 1 heterocycles. The van der Waals surface area contributed by atoms with E-state index in [1.807, 2.05) is 36.7 Å². The van der Waals surface area contributed by atoms with E-state index in [0.717, 1.165) is 48.9 Å². The second-order valence-corrected chi connectivity index (χ2v) is 13.5. The largest absolute Gasteiger partial charge is 0.426 e. The van der Waals surface area contributed by atoms with E-state index in [0.29, 0.717) is 11.7 Å². The highest BCUT2D eigenvalue weighted by Crippen LogP contribution is 2.38. The Morgan fingerprint density at radius 3 is 1.76 bits per heavy atom. The molecule has 42 heavy (non-hydrogen) atoms. The molecule has 232 valence electrons. The van der Waals surface area contributed by atoms with Crippen molar-refractivity contribution in [3.8, 4) is 17.1 Å². The van der Waals surface area contributed by atoms with Gasteiger partial charge in [-0.3, -0.25) is 4.79 Å². The van der Waals surface area contributed by atoms with Gasteiger partial charge in [-0.05, 0) is 98.9 Å². The van der Waals surface area contributed by atoms with Crippen LogP contribution in [0.3, 0.4) is 0 Å². The predicted molar refractivity (Wildman–Crippen MR) is 175 cm³/mol. The molecular weight excluding hydrogens is 516 g/mol. The molecule has 4 rings (SSSR count). The van der Waals surface area contributed by atoms with Crippen LogP contribution in [0.5, 0.6) is 5.75 Å². The molecule has 2 aliphatic rings. The van der Waals surface area contributed by atoms with E-state index in [2.05, 4.69) is 13.8 Å². The molecule has 2 fully saturated rings. The van der Waals surface area contributed by atoms with Crippen LogP contribution >= 0.6 is 0 Å². The number of carbonyl (C=O) groups is 1. The lowest BCUT2D eigenvalue weighted by molar-refractivity contribution is -0.140. The lowest BCUT2D eigenvalue weighted by atomic mass is 9.77. The Bertz CT molecular complexity index is 1000. The van der Waals surface area contributed by atoms with Crippen molar-refractivity contribution in [1.82, 2.24) is 9.97 Å². The van der Waals surface area contributed by atoms with Gasteiger partial charge in [-0.25, -0.2) is 9.97 Å². The highest BCUT2D eigenvalue weighted by Gasteiger charge is 2.27. The molecule has 4 nitrogen and oxygen atoms in total. The highest BCUT2D eigenvalue weighted by molar-refractivity contribution is 5.75. The fourth-order valence-electron chi connectivity index (χ4n) is 7.29. The third-order valence-electron chi connectivity index (χ3n) is 10.2. The van der Waals surface area contributed by atoms with Gasteiger partial charge in [0, 0.05) is 18.0 Å². The molecule has 0 atom stereocenters. The fraction of sp³-hybridized carbons (Fsp3) is 0.711. The van der Waals surface area contributed by atoms with Gasteiger partial charge in [-0.1, -0.05) is 97.3 Å². The first-order valence-corrected chi connectivity index (χ1v) is 17.8. The average molecular weight is 575 g/mol. The van der Waals surface area contributed by atoms with Crippen LogP contribution in [0.15, 0.2) is 36.7 Å². The SMILES string of the molecule is CCCCCCCCCC[C@H]1CC[C@H](c2cnc(-c3ccc(OC(=O)[C@H]4CC[C@H](CCCCC)CC4)cc3)nc2)CC1. The van der Waals surface area contributed by atoms with E-state index in [1.165, 1.54) is 115 Å². The third kappa shape index (κ3) is 10.8. The molecule has 0 spiro atoms. The molecule has 0 radical (unpaired) electrons. The first-order valence-electron chi connectivity index (χ1n) is 17.8. The number of ether oxygens (including phenoxy) is 1. The monoisotopic (exact) mass is 574 g/mol. The second-order valence-electron chi connectivity index (χ2n) is 13.5. The average Bonchev–Trinajstić information content (AvgIpc) is 3.03. The molecule has 0 amide bonds. The Hall–Kier alpha value is -2.23. The van der Waals surface area contributed by atoms with Crippen LogP contribution in [0.1, 0.15) is 160 Å². The molecule has 2 saturated carbocycles. The van der Waals surface area contributed by atoms with Crippen molar-refractivity contribution in [3.05, 3.63) is 42.2 Å². The summed E-state index contributed by atoms with van der Waals surface area (Å²) in [6, 6.07) is 7.71. The zero-order valence-electron chi connectivity index (χ0n) is 26.8. The molecule has 2 aliphatic carbocycles. The van der Waals surface area contributed by atoms with E-state index >= 15 is 0 Å². The van der Waals surface area contributed by atoms with Gasteiger partial charge in [0.2, 0.25) is 0 Å². The lowest BCUT2D eigenvalue weighted by Crippen LogP contribution is -2.25. The van der Waals surface area contributed by atoms with Gasteiger partial charge < -0.3 is 4.74 Å². The summed E-state index contributed by atoms with van der Waals surface area (Å²) in [4.78, 5) is 22.2. The van der Waals surface area contributed by atoms with Crippen LogP contribution in [-0.4, -0.2) is 15.9 Å². The summed E-state index contributed by atoms with van der Waals surface area (Å²) < 4.78 is 5.76. The normalized spacial score (nSPS) is 22.6. The molecule has 1 aromatic carbocycles. The van der Waals surface area contributed by atoms with Crippen molar-refractivity contribution in [2.75, 3.05) is 0 Å². The second kappa shape index (κ2) is 18.4. The van der Waals surface area contributed by atoms with Crippen molar-refractivity contribution in [3.63, 3.8) is 0 Å². The van der Waals surface area contributed by atoms with Gasteiger partial charge in [0.15, 0.2) is 5.82 Å². The predicted octanol–water partition coefficient (Wildman–Crippen LogP) is 11.2. The number of carbonyl (C=O) groups excluding carboxylic acids is 1. The number of aromatic nitrogens is 2. The first kappa shape index (κ1) is 32.7. The molecule has 0 N–H and O–H groups in total. The summed E-state index contributed by atoms with van der Waals surface area (Å²) in [5, 5.41) is 0. The third-order valence-corrected chi connectivity index (χ3v) is 10.2. The quantitative estimate of drug-likeness (QED) is 0.107. The first-order chi connectivity index (χ1) is 20.7. The number of rotatable bonds is 17. The Kier molecular flexibility index (Phi) is 14.3. The van der Waals surface area contributed by atoms with E-state index in [9.17, 15) is 4.79 Å². The van der Waals surface area contributed by atoms with Gasteiger partial charge in [-0.2, -0.15) is 0 Å². The van der Waals surface area contributed by atoms with Crippen LogP contribution in [0.4, 0.5) is 0 Å². The van der Waals surface area contributed by atoms with E-state index in [-0.39, 0.29) is 11.9 Å². The van der Waals surface area contributed by atoms with Crippen molar-refractivity contribution >= 4 is 5.97 Å². The fourth-order valence-corrected chi connectivity index (χ4v) is 7.29. The number of benzene rings is 1. The Morgan fingerprint density at radius 1 is 0.667 bits per heavy atom. The van der Waals surface area contributed by atoms with Crippen molar-refractivity contribution in [2.24, 2.45) is 17.8 Å². The standard InChI is InChI=1S/C38H58N2O2/c1-3-5-7-8-9-10-11-13-15-31-16-20-32(21-17-31)35-28-39-37(40-29-35)33-24-26-36(27-25-33)42-38(41)34-22-18-30(19-23-34)14-12-6-4-2/h24-32,34H,3-23H2,1-2H3/t30-,31-,32-,34-. The minimum atomic E-state index is -0.0668. The molecule has 2 aromatic rings. The minimum absolute atomic E-state index is 0.0446. The Morgan fingerprint density at radius 2 is 1.17 bits per heavy atom. The summed E-state index contributed by atoms with van der Waals surface area (Å²) >= 11 is 0. The molecule has 0 aliphatic heterocycles. The van der Waals surface area contributed by atoms with E-state index in [4.69, 9.17) is 14.7 Å². The van der Waals surface area contributed by atoms with Crippen molar-refractivity contribution in [1.29, 1.82) is 0 Å². The number of hydrogen-bond acceptors (Lipinski definition) is 4. The minimum Gasteiger partial charge on any atom is -0.426 e. The van der Waals surface area contributed by atoms with Gasteiger partial charge in [0.1, 0.15) is 5.75 Å². The topological polar surface area (TPSA) is 52.1 Å². The molecular formula is C38H58N2O2. The van der Waals surface area contributed by atoms with Gasteiger partial charge in [0.25, 0.3) is 0 Å². The summed E-state index contributed by atoms with van der Waals surface area (Å²) in [5.41, 5.74) is 2.25. The van der Waals surface area contributed by atoms with Gasteiger partial charge in [0.05, 0.1) is 5.92 Å². The summed E-state index contributed by atoms with van der Waals surface area (Å²) in [5.74, 6) is 3.65. The van der Waals surface area contributed by atoms with Crippen molar-refractivity contribution < 1.29 is 9.53 Å². The summed E-state index contributed by atoms with van der Waals surface area (Å²) in [6.45, 7) is 4.55. The molecule has 0 saturated heterocycles. The van der Waals surface area contributed by atoms with Gasteiger partial charge >= 0.3 is 5.97 Å². The number of esters is 1. The van der Waals surface area contributed by atoms with Crippen LogP contribution in [-0.2, 0) is 4.79 Å². The zero-order chi connectivity index (χ0) is 29.4. The van der Waals surface area contributed by atoms with Crippen LogP contribution in [0.2, 0.25) is 0 Å².